The largest absolute Gasteiger partial charge is 0.508 e. The van der Waals surface area contributed by atoms with E-state index in [-0.39, 0.29) is 47.4 Å². The third-order valence-electron chi connectivity index (χ3n) is 7.17. The summed E-state index contributed by atoms with van der Waals surface area (Å²) in [5.41, 5.74) is -0.679. The minimum atomic E-state index is -0.948. The summed E-state index contributed by atoms with van der Waals surface area (Å²) in [5, 5.41) is 21.5. The highest BCUT2D eigenvalue weighted by Gasteiger charge is 2.73. The van der Waals surface area contributed by atoms with Crippen molar-refractivity contribution in [2.24, 2.45) is 10.8 Å². The number of benzene rings is 1. The van der Waals surface area contributed by atoms with Crippen molar-refractivity contribution in [2.75, 3.05) is 31.1 Å². The zero-order chi connectivity index (χ0) is 20.2. The Kier molecular flexibility index (Phi) is 7.04. The fourth-order valence-electron chi connectivity index (χ4n) is 6.16. The highest BCUT2D eigenvalue weighted by Crippen LogP contribution is 2.68. The van der Waals surface area contributed by atoms with Crippen LogP contribution < -0.4 is 4.90 Å². The van der Waals surface area contributed by atoms with Crippen LogP contribution in [0, 0.1) is 10.8 Å². The van der Waals surface area contributed by atoms with E-state index in [1.54, 1.807) is 12.1 Å². The van der Waals surface area contributed by atoms with Gasteiger partial charge in [-0.15, -0.1) is 24.8 Å². The van der Waals surface area contributed by atoms with E-state index in [4.69, 9.17) is 0 Å². The standard InChI is InChI=1S/C23H31N3O2.2ClH/c1-21(2)20(22(3,4)23(21,28)17-8-10-18(27)11-9-17)26-15-13-25(14-16-26)19-7-5-6-12-24-19;;/h5-12,20,27-28H,13-16H2,1-4H3;2*1H. The van der Waals surface area contributed by atoms with Gasteiger partial charge in [-0.1, -0.05) is 45.9 Å². The van der Waals surface area contributed by atoms with Crippen LogP contribution in [0.3, 0.4) is 0 Å². The molecule has 0 bridgehead atoms. The lowest BCUT2D eigenvalue weighted by molar-refractivity contribution is -0.307. The molecule has 0 spiro atoms. The van der Waals surface area contributed by atoms with E-state index in [1.807, 2.05) is 30.5 Å². The number of aliphatic hydroxyl groups is 1. The molecule has 0 unspecified atom stereocenters. The topological polar surface area (TPSA) is 59.8 Å². The van der Waals surface area contributed by atoms with Crippen molar-refractivity contribution < 1.29 is 10.2 Å². The molecule has 1 saturated carbocycles. The number of aromatic nitrogens is 1. The second-order valence-electron chi connectivity index (χ2n) is 9.31. The summed E-state index contributed by atoms with van der Waals surface area (Å²) in [6.07, 6.45) is 1.84. The first-order valence-electron chi connectivity index (χ1n) is 10.1. The molecular formula is C23H33Cl2N3O2. The highest BCUT2D eigenvalue weighted by atomic mass is 35.5. The summed E-state index contributed by atoms with van der Waals surface area (Å²) in [7, 11) is 0. The SMILES string of the molecule is CC1(C)C(N2CCN(c3ccccn3)CC2)C(C)(C)C1(O)c1ccc(O)cc1.Cl.Cl. The molecule has 2 heterocycles. The van der Waals surface area contributed by atoms with Crippen LogP contribution in [0.15, 0.2) is 48.7 Å². The van der Waals surface area contributed by atoms with Gasteiger partial charge in [-0.05, 0) is 29.8 Å². The van der Waals surface area contributed by atoms with Gasteiger partial charge >= 0.3 is 0 Å². The van der Waals surface area contributed by atoms with Crippen molar-refractivity contribution in [1.82, 2.24) is 9.88 Å². The molecule has 5 nitrogen and oxygen atoms in total. The minimum absolute atomic E-state index is 0. The summed E-state index contributed by atoms with van der Waals surface area (Å²) in [6.45, 7) is 12.5. The van der Waals surface area contributed by atoms with Crippen LogP contribution in [0.25, 0.3) is 0 Å². The average Bonchev–Trinajstić information content (AvgIpc) is 2.68. The molecule has 0 atom stereocenters. The lowest BCUT2D eigenvalue weighted by Gasteiger charge is -2.72. The number of piperazine rings is 1. The molecule has 7 heteroatoms. The first-order valence-corrected chi connectivity index (χ1v) is 10.1. The molecule has 1 aliphatic carbocycles. The monoisotopic (exact) mass is 453 g/mol. The van der Waals surface area contributed by atoms with Crippen LogP contribution in [-0.4, -0.2) is 52.3 Å². The summed E-state index contributed by atoms with van der Waals surface area (Å²) >= 11 is 0. The second kappa shape index (κ2) is 8.54. The smallest absolute Gasteiger partial charge is 0.128 e. The van der Waals surface area contributed by atoms with Crippen LogP contribution in [-0.2, 0) is 5.60 Å². The molecule has 1 saturated heterocycles. The van der Waals surface area contributed by atoms with Gasteiger partial charge in [-0.25, -0.2) is 4.98 Å². The molecule has 2 fully saturated rings. The number of hydrogen-bond acceptors (Lipinski definition) is 5. The third kappa shape index (κ3) is 3.46. The van der Waals surface area contributed by atoms with E-state index >= 15 is 0 Å². The molecule has 166 valence electrons. The van der Waals surface area contributed by atoms with Crippen LogP contribution in [0.2, 0.25) is 0 Å². The van der Waals surface area contributed by atoms with Gasteiger partial charge in [-0.2, -0.15) is 0 Å². The normalized spacial score (nSPS) is 27.4. The first kappa shape index (κ1) is 24.7. The summed E-state index contributed by atoms with van der Waals surface area (Å²) < 4.78 is 0. The summed E-state index contributed by atoms with van der Waals surface area (Å²) in [5.74, 6) is 1.26. The molecule has 2 aromatic rings. The number of pyridine rings is 1. The molecule has 4 rings (SSSR count). The number of phenolic OH excluding ortho intramolecular Hbond substituents is 1. The van der Waals surface area contributed by atoms with Crippen molar-refractivity contribution in [1.29, 1.82) is 0 Å². The number of hydrogen-bond donors (Lipinski definition) is 2. The Morgan fingerprint density at radius 1 is 0.867 bits per heavy atom. The first-order chi connectivity index (χ1) is 13.2. The Balaban J connectivity index is 0.00000160. The van der Waals surface area contributed by atoms with Gasteiger partial charge in [0.1, 0.15) is 17.2 Å². The van der Waals surface area contributed by atoms with Gasteiger partial charge < -0.3 is 15.1 Å². The number of rotatable bonds is 3. The van der Waals surface area contributed by atoms with Crippen LogP contribution in [0.1, 0.15) is 33.3 Å². The van der Waals surface area contributed by atoms with Crippen LogP contribution >= 0.6 is 24.8 Å². The van der Waals surface area contributed by atoms with E-state index in [9.17, 15) is 10.2 Å². The number of aromatic hydroxyl groups is 1. The Bertz CT molecular complexity index is 819. The molecule has 30 heavy (non-hydrogen) atoms. The zero-order valence-corrected chi connectivity index (χ0v) is 19.7. The van der Waals surface area contributed by atoms with Gasteiger partial charge in [0.25, 0.3) is 0 Å². The zero-order valence-electron chi connectivity index (χ0n) is 18.1. The maximum atomic E-state index is 11.8. The predicted octanol–water partition coefficient (Wildman–Crippen LogP) is 4.08. The van der Waals surface area contributed by atoms with Crippen molar-refractivity contribution in [3.8, 4) is 5.75 Å². The minimum Gasteiger partial charge on any atom is -0.508 e. The molecule has 1 aromatic carbocycles. The Morgan fingerprint density at radius 2 is 1.43 bits per heavy atom. The van der Waals surface area contributed by atoms with E-state index in [0.29, 0.717) is 0 Å². The molecule has 0 radical (unpaired) electrons. The third-order valence-corrected chi connectivity index (χ3v) is 7.17. The number of phenols is 1. The molecule has 1 aliphatic heterocycles. The van der Waals surface area contributed by atoms with Gasteiger partial charge in [0.2, 0.25) is 0 Å². The van der Waals surface area contributed by atoms with Crippen LogP contribution in [0.4, 0.5) is 5.82 Å². The van der Waals surface area contributed by atoms with E-state index in [2.05, 4.69) is 48.5 Å². The number of halogens is 2. The Labute approximate surface area is 191 Å². The Morgan fingerprint density at radius 3 is 1.93 bits per heavy atom. The quantitative estimate of drug-likeness (QED) is 0.732. The summed E-state index contributed by atoms with van der Waals surface area (Å²) in [4.78, 5) is 9.35. The average molecular weight is 454 g/mol. The van der Waals surface area contributed by atoms with Crippen LogP contribution in [0.5, 0.6) is 5.75 Å². The number of anilines is 1. The van der Waals surface area contributed by atoms with E-state index in [1.165, 1.54) is 0 Å². The van der Waals surface area contributed by atoms with E-state index < -0.39 is 5.60 Å². The second-order valence-corrected chi connectivity index (χ2v) is 9.31. The van der Waals surface area contributed by atoms with Crippen molar-refractivity contribution >= 4 is 30.6 Å². The van der Waals surface area contributed by atoms with Gasteiger partial charge in [-0.3, -0.25) is 4.90 Å². The predicted molar refractivity (Wildman–Crippen MR) is 126 cm³/mol. The molecule has 2 N–H and O–H groups in total. The molecular weight excluding hydrogens is 421 g/mol. The maximum absolute atomic E-state index is 11.8. The lowest BCUT2D eigenvalue weighted by Crippen LogP contribution is -2.79. The van der Waals surface area contributed by atoms with Crippen molar-refractivity contribution in [2.45, 2.75) is 39.3 Å². The molecule has 0 amide bonds. The van der Waals surface area contributed by atoms with Gasteiger partial charge in [0, 0.05) is 49.2 Å². The molecule has 2 aliphatic rings. The fraction of sp³-hybridized carbons (Fsp3) is 0.522. The Hall–Kier alpha value is -1.53. The van der Waals surface area contributed by atoms with E-state index in [0.717, 1.165) is 37.6 Å². The van der Waals surface area contributed by atoms with Crippen molar-refractivity contribution in [3.05, 3.63) is 54.2 Å². The van der Waals surface area contributed by atoms with Crippen molar-refractivity contribution in [3.63, 3.8) is 0 Å². The number of nitrogens with zero attached hydrogens (tertiary/aromatic N) is 3. The van der Waals surface area contributed by atoms with Gasteiger partial charge in [0.05, 0.1) is 0 Å². The molecule has 1 aromatic heterocycles. The van der Waals surface area contributed by atoms with Gasteiger partial charge in [0.15, 0.2) is 0 Å². The highest BCUT2D eigenvalue weighted by molar-refractivity contribution is 5.85. The lowest BCUT2D eigenvalue weighted by atomic mass is 9.39. The summed E-state index contributed by atoms with van der Waals surface area (Å²) in [6, 6.07) is 13.4. The maximum Gasteiger partial charge on any atom is 0.128 e. The fourth-order valence-corrected chi connectivity index (χ4v) is 6.16.